The van der Waals surface area contributed by atoms with Crippen molar-refractivity contribution in [2.24, 2.45) is 0 Å². The van der Waals surface area contributed by atoms with Crippen LogP contribution in [0.4, 0.5) is 0 Å². The summed E-state index contributed by atoms with van der Waals surface area (Å²) in [5.74, 6) is 1.14. The van der Waals surface area contributed by atoms with Crippen molar-refractivity contribution in [1.82, 2.24) is 10.6 Å². The zero-order valence-corrected chi connectivity index (χ0v) is 23.0. The molecule has 0 amide bonds. The first-order chi connectivity index (χ1) is 20.6. The zero-order valence-electron chi connectivity index (χ0n) is 23.0. The second-order valence-electron chi connectivity index (χ2n) is 10.3. The van der Waals surface area contributed by atoms with Gasteiger partial charge in [0.05, 0.1) is 25.6 Å². The first-order valence-corrected chi connectivity index (χ1v) is 14.1. The Morgan fingerprint density at radius 3 is 1.60 bits per heavy atom. The molecule has 0 saturated heterocycles. The third-order valence-electron chi connectivity index (χ3n) is 7.23. The van der Waals surface area contributed by atoms with Crippen LogP contribution in [0.15, 0.2) is 82.0 Å². The molecule has 0 fully saturated rings. The number of nitrogens with one attached hydrogen (secondary N) is 2. The standard InChI is InChI=1S/C32H32N2O8/c35-31(41-23-9-5-21-7-11-27(39-29(21)15-23)19-33-17-25-3-1-13-37-25)32(36)42-24-10-6-22-8-12-28(40-30(22)16-24)20-34-18-26-4-2-14-38-26/h1-6,9-10,13-16,27-28,33-34H,7-8,11-12,17-20H2. The van der Waals surface area contributed by atoms with Gasteiger partial charge in [-0.25, -0.2) is 9.59 Å². The maximum atomic E-state index is 12.6. The van der Waals surface area contributed by atoms with Gasteiger partial charge in [-0.15, -0.1) is 0 Å². The van der Waals surface area contributed by atoms with Gasteiger partial charge < -0.3 is 38.4 Å². The number of fused-ring (bicyclic) bond motifs is 2. The van der Waals surface area contributed by atoms with Gasteiger partial charge in [-0.1, -0.05) is 12.1 Å². The summed E-state index contributed by atoms with van der Waals surface area (Å²) in [5, 5.41) is 6.66. The molecular formula is C32H32N2O8. The Morgan fingerprint density at radius 1 is 0.690 bits per heavy atom. The fraction of sp³-hybridized carbons (Fsp3) is 0.312. The normalized spacial score (nSPS) is 17.3. The molecule has 0 radical (unpaired) electrons. The fourth-order valence-electron chi connectivity index (χ4n) is 5.06. The molecule has 0 spiro atoms. The molecule has 4 heterocycles. The Balaban J connectivity index is 0.991. The Bertz CT molecular complexity index is 1390. The molecular weight excluding hydrogens is 540 g/mol. The highest BCUT2D eigenvalue weighted by Gasteiger charge is 2.25. The molecule has 4 aromatic rings. The summed E-state index contributed by atoms with van der Waals surface area (Å²) in [4.78, 5) is 25.1. The molecule has 2 aliphatic heterocycles. The number of furan rings is 2. The topological polar surface area (TPSA) is 121 Å². The highest BCUT2D eigenvalue weighted by atomic mass is 16.6. The third kappa shape index (κ3) is 7.02. The highest BCUT2D eigenvalue weighted by Crippen LogP contribution is 2.33. The van der Waals surface area contributed by atoms with Gasteiger partial charge in [-0.2, -0.15) is 0 Å². The van der Waals surface area contributed by atoms with Crippen LogP contribution in [0, 0.1) is 0 Å². The molecule has 6 rings (SSSR count). The lowest BCUT2D eigenvalue weighted by Crippen LogP contribution is -2.34. The summed E-state index contributed by atoms with van der Waals surface area (Å²) in [6, 6.07) is 17.8. The molecule has 2 aromatic heterocycles. The number of rotatable bonds is 10. The maximum Gasteiger partial charge on any atom is 0.423 e. The lowest BCUT2D eigenvalue weighted by atomic mass is 10.0. The van der Waals surface area contributed by atoms with Gasteiger partial charge in [0.25, 0.3) is 0 Å². The molecule has 2 aromatic carbocycles. The minimum absolute atomic E-state index is 0.0407. The number of hydrogen-bond acceptors (Lipinski definition) is 10. The van der Waals surface area contributed by atoms with Crippen molar-refractivity contribution in [3.8, 4) is 23.0 Å². The van der Waals surface area contributed by atoms with E-state index in [1.807, 2.05) is 36.4 Å². The zero-order chi connectivity index (χ0) is 28.7. The molecule has 2 N–H and O–H groups in total. The second kappa shape index (κ2) is 13.0. The lowest BCUT2D eigenvalue weighted by Gasteiger charge is -2.26. The van der Waals surface area contributed by atoms with Gasteiger partial charge in [0.1, 0.15) is 46.7 Å². The smallest absolute Gasteiger partial charge is 0.423 e. The predicted molar refractivity (Wildman–Crippen MR) is 150 cm³/mol. The van der Waals surface area contributed by atoms with Crippen LogP contribution in [0.2, 0.25) is 0 Å². The van der Waals surface area contributed by atoms with Crippen LogP contribution >= 0.6 is 0 Å². The molecule has 42 heavy (non-hydrogen) atoms. The van der Waals surface area contributed by atoms with Crippen molar-refractivity contribution in [2.45, 2.75) is 51.0 Å². The number of aryl methyl sites for hydroxylation is 2. The summed E-state index contributed by atoms with van der Waals surface area (Å²) in [5.41, 5.74) is 2.03. The number of carbonyl (C=O) groups excluding carboxylic acids is 2. The lowest BCUT2D eigenvalue weighted by molar-refractivity contribution is -0.156. The Hall–Kier alpha value is -4.54. The molecule has 2 unspecified atom stereocenters. The molecule has 2 atom stereocenters. The van der Waals surface area contributed by atoms with E-state index in [1.54, 1.807) is 36.8 Å². The molecule has 10 nitrogen and oxygen atoms in total. The molecule has 0 aliphatic carbocycles. The van der Waals surface area contributed by atoms with Crippen LogP contribution in [0.25, 0.3) is 0 Å². The van der Waals surface area contributed by atoms with Crippen LogP contribution in [0.1, 0.15) is 35.5 Å². The Morgan fingerprint density at radius 2 is 1.17 bits per heavy atom. The maximum absolute atomic E-state index is 12.6. The third-order valence-corrected chi connectivity index (χ3v) is 7.23. The van der Waals surface area contributed by atoms with E-state index in [-0.39, 0.29) is 23.7 Å². The van der Waals surface area contributed by atoms with Crippen LogP contribution in [-0.4, -0.2) is 37.2 Å². The molecule has 218 valence electrons. The Kier molecular flexibility index (Phi) is 8.53. The van der Waals surface area contributed by atoms with Gasteiger partial charge in [0, 0.05) is 25.2 Å². The number of ether oxygens (including phenoxy) is 4. The van der Waals surface area contributed by atoms with Crippen molar-refractivity contribution < 1.29 is 37.4 Å². The van der Waals surface area contributed by atoms with Crippen molar-refractivity contribution >= 4 is 11.9 Å². The van der Waals surface area contributed by atoms with Crippen molar-refractivity contribution in [2.75, 3.05) is 13.1 Å². The van der Waals surface area contributed by atoms with Crippen LogP contribution in [0.5, 0.6) is 23.0 Å². The van der Waals surface area contributed by atoms with E-state index in [4.69, 9.17) is 27.8 Å². The largest absolute Gasteiger partial charge is 0.489 e. The van der Waals surface area contributed by atoms with Gasteiger partial charge in [0.2, 0.25) is 0 Å². The quantitative estimate of drug-likeness (QED) is 0.161. The first kappa shape index (κ1) is 27.6. The fourth-order valence-corrected chi connectivity index (χ4v) is 5.06. The minimum Gasteiger partial charge on any atom is -0.489 e. The monoisotopic (exact) mass is 572 g/mol. The van der Waals surface area contributed by atoms with E-state index in [2.05, 4.69) is 10.6 Å². The average Bonchev–Trinajstić information content (AvgIpc) is 3.72. The van der Waals surface area contributed by atoms with Gasteiger partial charge >= 0.3 is 11.9 Å². The molecule has 0 bridgehead atoms. The van der Waals surface area contributed by atoms with Gasteiger partial charge in [-0.05, 0) is 73.2 Å². The molecule has 10 heteroatoms. The number of carbonyl (C=O) groups is 2. The summed E-state index contributed by atoms with van der Waals surface area (Å²) < 4.78 is 33.5. The summed E-state index contributed by atoms with van der Waals surface area (Å²) in [6.45, 7) is 2.51. The van der Waals surface area contributed by atoms with E-state index in [9.17, 15) is 9.59 Å². The summed E-state index contributed by atoms with van der Waals surface area (Å²) >= 11 is 0. The van der Waals surface area contributed by atoms with E-state index in [0.717, 1.165) is 48.3 Å². The Labute approximate surface area is 242 Å². The van der Waals surface area contributed by atoms with Crippen LogP contribution in [-0.2, 0) is 35.5 Å². The number of hydrogen-bond donors (Lipinski definition) is 2. The molecule has 0 saturated carbocycles. The van der Waals surface area contributed by atoms with Crippen LogP contribution in [0.3, 0.4) is 0 Å². The van der Waals surface area contributed by atoms with E-state index >= 15 is 0 Å². The van der Waals surface area contributed by atoms with Crippen molar-refractivity contribution in [1.29, 1.82) is 0 Å². The first-order valence-electron chi connectivity index (χ1n) is 14.1. The summed E-state index contributed by atoms with van der Waals surface area (Å²) in [6.07, 6.45) is 6.59. The predicted octanol–water partition coefficient (Wildman–Crippen LogP) is 4.35. The van der Waals surface area contributed by atoms with E-state index < -0.39 is 11.9 Å². The SMILES string of the molecule is O=C(Oc1ccc2c(c1)OC(CNCc1ccco1)CC2)C(=O)Oc1ccc2c(c1)OC(CNCc1ccco1)CC2. The molecule has 2 aliphatic rings. The average molecular weight is 573 g/mol. The summed E-state index contributed by atoms with van der Waals surface area (Å²) in [7, 11) is 0. The van der Waals surface area contributed by atoms with Crippen LogP contribution < -0.4 is 29.6 Å². The highest BCUT2D eigenvalue weighted by molar-refractivity contribution is 6.31. The van der Waals surface area contributed by atoms with Gasteiger partial charge in [-0.3, -0.25) is 0 Å². The van der Waals surface area contributed by atoms with E-state index in [1.165, 1.54) is 0 Å². The van der Waals surface area contributed by atoms with Gasteiger partial charge in [0.15, 0.2) is 0 Å². The number of benzene rings is 2. The minimum atomic E-state index is -1.12. The second-order valence-corrected chi connectivity index (χ2v) is 10.3. The van der Waals surface area contributed by atoms with Crippen molar-refractivity contribution in [3.05, 3.63) is 95.8 Å². The number of esters is 2. The van der Waals surface area contributed by atoms with Crippen molar-refractivity contribution in [3.63, 3.8) is 0 Å². The van der Waals surface area contributed by atoms with E-state index in [0.29, 0.717) is 37.7 Å².